The third kappa shape index (κ3) is 3.74. The van der Waals surface area contributed by atoms with E-state index < -0.39 is 0 Å². The molecule has 0 unspecified atom stereocenters. The number of furan rings is 1. The molecule has 1 aromatic carbocycles. The summed E-state index contributed by atoms with van der Waals surface area (Å²) in [6, 6.07) is 13.1. The fourth-order valence-corrected chi connectivity index (χ4v) is 4.20. The zero-order valence-electron chi connectivity index (χ0n) is 19.6. The first kappa shape index (κ1) is 20.6. The predicted molar refractivity (Wildman–Crippen MR) is 125 cm³/mol. The van der Waals surface area contributed by atoms with Gasteiger partial charge in [-0.05, 0) is 42.5 Å². The fraction of sp³-hybridized carbons (Fsp3) is 0.407. The second-order valence-electron chi connectivity index (χ2n) is 10.8. The Hall–Kier alpha value is -2.68. The van der Waals surface area contributed by atoms with Crippen LogP contribution < -0.4 is 4.57 Å². The number of rotatable bonds is 2. The van der Waals surface area contributed by atoms with Crippen LogP contribution in [0.5, 0.6) is 0 Å². The van der Waals surface area contributed by atoms with E-state index in [0.717, 1.165) is 45.4 Å². The first-order valence-electron chi connectivity index (χ1n) is 10.8. The van der Waals surface area contributed by atoms with Crippen LogP contribution >= 0.6 is 0 Å². The second kappa shape index (κ2) is 6.94. The molecule has 0 fully saturated rings. The van der Waals surface area contributed by atoms with Crippen molar-refractivity contribution >= 4 is 22.1 Å². The first-order valence-corrected chi connectivity index (χ1v) is 10.8. The molecule has 0 aliphatic rings. The molecule has 0 radical (unpaired) electrons. The van der Waals surface area contributed by atoms with E-state index in [1.54, 1.807) is 0 Å². The van der Waals surface area contributed by atoms with Gasteiger partial charge in [-0.1, -0.05) is 53.7 Å². The van der Waals surface area contributed by atoms with Crippen molar-refractivity contribution < 1.29 is 8.98 Å². The Kier molecular flexibility index (Phi) is 4.76. The molecule has 4 aromatic rings. The topological polar surface area (TPSA) is 29.9 Å². The van der Waals surface area contributed by atoms with Crippen LogP contribution in [0.15, 0.2) is 47.0 Å². The fourth-order valence-electron chi connectivity index (χ4n) is 4.20. The molecule has 0 atom stereocenters. The monoisotopic (exact) mass is 401 g/mol. The number of hydrogen-bond donors (Lipinski definition) is 0. The summed E-state index contributed by atoms with van der Waals surface area (Å²) in [6.07, 6.45) is 3.30. The normalized spacial score (nSPS) is 12.8. The van der Waals surface area contributed by atoms with Crippen LogP contribution in [-0.4, -0.2) is 4.98 Å². The second-order valence-corrected chi connectivity index (χ2v) is 10.8. The molecule has 3 nitrogen and oxygen atoms in total. The van der Waals surface area contributed by atoms with Crippen molar-refractivity contribution in [3.05, 3.63) is 59.4 Å². The highest BCUT2D eigenvalue weighted by Gasteiger charge is 2.23. The molecule has 4 rings (SSSR count). The van der Waals surface area contributed by atoms with Gasteiger partial charge in [0.2, 0.25) is 11.4 Å². The third-order valence-corrected chi connectivity index (χ3v) is 5.67. The average molecular weight is 402 g/mol. The summed E-state index contributed by atoms with van der Waals surface area (Å²) in [5.41, 5.74) is 7.79. The number of nitrogens with zero attached hydrogens (tertiary/aromatic N) is 2. The summed E-state index contributed by atoms with van der Waals surface area (Å²) in [4.78, 5) is 4.85. The van der Waals surface area contributed by atoms with Gasteiger partial charge in [0.05, 0.1) is 5.56 Å². The number of hydrogen-bond acceptors (Lipinski definition) is 2. The summed E-state index contributed by atoms with van der Waals surface area (Å²) >= 11 is 0. The van der Waals surface area contributed by atoms with Gasteiger partial charge in [0.25, 0.3) is 0 Å². The molecule has 0 saturated carbocycles. The Morgan fingerprint density at radius 1 is 0.900 bits per heavy atom. The Bertz CT molecular complexity index is 1250. The van der Waals surface area contributed by atoms with E-state index in [0.29, 0.717) is 0 Å². The predicted octanol–water partition coefficient (Wildman–Crippen LogP) is 6.67. The van der Waals surface area contributed by atoms with Gasteiger partial charge >= 0.3 is 0 Å². The highest BCUT2D eigenvalue weighted by atomic mass is 16.3. The van der Waals surface area contributed by atoms with Crippen molar-refractivity contribution in [1.29, 1.82) is 0 Å². The maximum atomic E-state index is 6.40. The van der Waals surface area contributed by atoms with Crippen molar-refractivity contribution in [3.63, 3.8) is 0 Å². The van der Waals surface area contributed by atoms with Gasteiger partial charge in [-0.15, -0.1) is 0 Å². The van der Waals surface area contributed by atoms with Gasteiger partial charge in [0.1, 0.15) is 7.05 Å². The first-order chi connectivity index (χ1) is 13.9. The minimum Gasteiger partial charge on any atom is -0.437 e. The van der Waals surface area contributed by atoms with Crippen LogP contribution in [0, 0.1) is 12.3 Å². The third-order valence-electron chi connectivity index (χ3n) is 5.67. The highest BCUT2D eigenvalue weighted by Crippen LogP contribution is 2.37. The van der Waals surface area contributed by atoms with Crippen LogP contribution in [0.3, 0.4) is 0 Å². The molecule has 0 saturated heterocycles. The van der Waals surface area contributed by atoms with Crippen molar-refractivity contribution in [2.45, 2.75) is 60.3 Å². The quantitative estimate of drug-likeness (QED) is 0.351. The Balaban J connectivity index is 1.91. The van der Waals surface area contributed by atoms with E-state index in [9.17, 15) is 0 Å². The molecular formula is C27H33N2O+. The SMILES string of the molecule is Cc1ccc2c(oc3nc(C(C)(C)C)ccc32)c1-c1ccc(CC(C)(C)C)c[n+]1C. The summed E-state index contributed by atoms with van der Waals surface area (Å²) < 4.78 is 8.62. The van der Waals surface area contributed by atoms with Crippen LogP contribution in [0.25, 0.3) is 33.3 Å². The lowest BCUT2D eigenvalue weighted by Gasteiger charge is -2.17. The standard InChI is InChI=1S/C27H33N2O/c1-17-9-11-19-20-12-14-22(27(5,6)7)28-25(20)30-24(19)23(17)21-13-10-18(16-29(21)8)15-26(2,3)4/h9-14,16H,15H2,1-8H3/q+1. The van der Waals surface area contributed by atoms with Crippen molar-refractivity contribution in [2.75, 3.05) is 0 Å². The van der Waals surface area contributed by atoms with E-state index in [1.807, 2.05) is 0 Å². The molecule has 3 aromatic heterocycles. The van der Waals surface area contributed by atoms with Gasteiger partial charge in [-0.2, -0.15) is 0 Å². The van der Waals surface area contributed by atoms with Crippen molar-refractivity contribution in [2.24, 2.45) is 12.5 Å². The number of benzene rings is 1. The molecule has 3 heterocycles. The van der Waals surface area contributed by atoms with Crippen LogP contribution in [-0.2, 0) is 18.9 Å². The van der Waals surface area contributed by atoms with Crippen molar-refractivity contribution in [3.8, 4) is 11.3 Å². The maximum Gasteiger partial charge on any atom is 0.227 e. The van der Waals surface area contributed by atoms with Crippen LogP contribution in [0.1, 0.15) is 58.4 Å². The van der Waals surface area contributed by atoms with E-state index in [2.05, 4.69) is 103 Å². The smallest absolute Gasteiger partial charge is 0.227 e. The molecule has 0 amide bonds. The van der Waals surface area contributed by atoms with Crippen molar-refractivity contribution in [1.82, 2.24) is 4.98 Å². The molecule has 0 aliphatic carbocycles. The minimum absolute atomic E-state index is 0.0127. The number of aromatic nitrogens is 2. The lowest BCUT2D eigenvalue weighted by molar-refractivity contribution is -0.660. The largest absolute Gasteiger partial charge is 0.437 e. The van der Waals surface area contributed by atoms with E-state index >= 15 is 0 Å². The van der Waals surface area contributed by atoms with Gasteiger partial charge in [-0.25, -0.2) is 9.55 Å². The summed E-state index contributed by atoms with van der Waals surface area (Å²) in [5, 5.41) is 2.20. The van der Waals surface area contributed by atoms with Gasteiger partial charge in [0.15, 0.2) is 11.8 Å². The van der Waals surface area contributed by atoms with E-state index in [4.69, 9.17) is 9.40 Å². The molecule has 0 aliphatic heterocycles. The molecule has 0 bridgehead atoms. The molecule has 156 valence electrons. The zero-order chi connectivity index (χ0) is 21.8. The van der Waals surface area contributed by atoms with Crippen LogP contribution in [0.2, 0.25) is 0 Å². The van der Waals surface area contributed by atoms with Gasteiger partial charge < -0.3 is 4.42 Å². The van der Waals surface area contributed by atoms with Crippen LogP contribution in [0.4, 0.5) is 0 Å². The highest BCUT2D eigenvalue weighted by molar-refractivity contribution is 6.08. The molecule has 3 heteroatoms. The Morgan fingerprint density at radius 2 is 1.60 bits per heavy atom. The average Bonchev–Trinajstić information content (AvgIpc) is 2.98. The summed E-state index contributed by atoms with van der Waals surface area (Å²) in [5.74, 6) is 0. The molecule has 0 spiro atoms. The number of aryl methyl sites for hydroxylation is 2. The van der Waals surface area contributed by atoms with Gasteiger partial charge in [0, 0.05) is 33.5 Å². The summed E-state index contributed by atoms with van der Waals surface area (Å²) in [6.45, 7) is 15.5. The zero-order valence-corrected chi connectivity index (χ0v) is 19.6. The number of fused-ring (bicyclic) bond motifs is 3. The molecule has 30 heavy (non-hydrogen) atoms. The number of pyridine rings is 2. The molecular weight excluding hydrogens is 368 g/mol. The maximum absolute atomic E-state index is 6.40. The Morgan fingerprint density at radius 3 is 2.23 bits per heavy atom. The minimum atomic E-state index is -0.0127. The Labute approximate surface area is 179 Å². The van der Waals surface area contributed by atoms with Gasteiger partial charge in [-0.3, -0.25) is 0 Å². The summed E-state index contributed by atoms with van der Waals surface area (Å²) in [7, 11) is 2.12. The molecule has 0 N–H and O–H groups in total. The lowest BCUT2D eigenvalue weighted by atomic mass is 9.88. The van der Waals surface area contributed by atoms with E-state index in [-0.39, 0.29) is 10.8 Å². The van der Waals surface area contributed by atoms with E-state index in [1.165, 1.54) is 11.1 Å². The lowest BCUT2D eigenvalue weighted by Crippen LogP contribution is -2.32.